The zero-order chi connectivity index (χ0) is 11.3. The zero-order valence-electron chi connectivity index (χ0n) is 9.95. The van der Waals surface area contributed by atoms with Crippen molar-refractivity contribution < 1.29 is 9.53 Å². The molecule has 0 spiro atoms. The zero-order valence-corrected chi connectivity index (χ0v) is 9.95. The van der Waals surface area contributed by atoms with E-state index in [9.17, 15) is 4.79 Å². The highest BCUT2D eigenvalue weighted by atomic mass is 16.5. The monoisotopic (exact) mass is 214 g/mol. The fourth-order valence-electron chi connectivity index (χ4n) is 1.87. The van der Waals surface area contributed by atoms with Gasteiger partial charge in [0.1, 0.15) is 0 Å². The van der Waals surface area contributed by atoms with Crippen molar-refractivity contribution >= 4 is 5.91 Å². The second kappa shape index (κ2) is 6.08. The molecule has 4 nitrogen and oxygen atoms in total. The fraction of sp³-hybridized carbons (Fsp3) is 0.909. The first kappa shape index (κ1) is 12.5. The molecule has 0 aromatic heterocycles. The highest BCUT2D eigenvalue weighted by molar-refractivity contribution is 5.81. The smallest absolute Gasteiger partial charge is 0.239 e. The number of methoxy groups -OCH3 is 1. The highest BCUT2D eigenvalue weighted by Gasteiger charge is 2.25. The van der Waals surface area contributed by atoms with Gasteiger partial charge in [0.25, 0.3) is 0 Å². The summed E-state index contributed by atoms with van der Waals surface area (Å²) in [7, 11) is 1.69. The summed E-state index contributed by atoms with van der Waals surface area (Å²) in [6.45, 7) is 7.42. The van der Waals surface area contributed by atoms with Crippen molar-refractivity contribution in [3.63, 3.8) is 0 Å². The van der Waals surface area contributed by atoms with Crippen LogP contribution in [-0.4, -0.2) is 50.2 Å². The molecule has 4 heteroatoms. The summed E-state index contributed by atoms with van der Waals surface area (Å²) in [6, 6.07) is -0.0440. The van der Waals surface area contributed by atoms with Gasteiger partial charge in [0.15, 0.2) is 0 Å². The van der Waals surface area contributed by atoms with Crippen LogP contribution in [0.3, 0.4) is 0 Å². The SMILES string of the molecule is COCCCN1CC(C)CNC(C)C1=O. The lowest BCUT2D eigenvalue weighted by molar-refractivity contribution is -0.132. The van der Waals surface area contributed by atoms with Crippen LogP contribution in [0.1, 0.15) is 20.3 Å². The summed E-state index contributed by atoms with van der Waals surface area (Å²) in [5.74, 6) is 0.747. The molecule has 0 aromatic carbocycles. The Bertz CT molecular complexity index is 209. The maximum atomic E-state index is 11.9. The van der Waals surface area contributed by atoms with Gasteiger partial charge in [-0.3, -0.25) is 4.79 Å². The average molecular weight is 214 g/mol. The summed E-state index contributed by atoms with van der Waals surface area (Å²) in [4.78, 5) is 13.9. The number of carbonyl (C=O) groups excluding carboxylic acids is 1. The average Bonchev–Trinajstić information content (AvgIpc) is 2.33. The van der Waals surface area contributed by atoms with E-state index >= 15 is 0 Å². The van der Waals surface area contributed by atoms with Gasteiger partial charge in [-0.1, -0.05) is 6.92 Å². The Kier molecular flexibility index (Phi) is 5.05. The molecule has 1 rings (SSSR count). The predicted octanol–water partition coefficient (Wildman–Crippen LogP) is 0.479. The Labute approximate surface area is 92.0 Å². The Balaban J connectivity index is 2.46. The van der Waals surface area contributed by atoms with E-state index in [2.05, 4.69) is 12.2 Å². The first-order chi connectivity index (χ1) is 7.15. The van der Waals surface area contributed by atoms with Crippen LogP contribution >= 0.6 is 0 Å². The second-order valence-electron chi connectivity index (χ2n) is 4.37. The standard InChI is InChI=1S/C11H22N2O2/c1-9-7-12-10(2)11(14)13(8-9)5-4-6-15-3/h9-10,12H,4-8H2,1-3H3. The molecule has 0 aromatic rings. The van der Waals surface area contributed by atoms with E-state index in [1.807, 2.05) is 11.8 Å². The number of rotatable bonds is 4. The molecule has 2 unspecified atom stereocenters. The van der Waals surface area contributed by atoms with Gasteiger partial charge in [0, 0.05) is 33.4 Å². The van der Waals surface area contributed by atoms with Gasteiger partial charge in [-0.2, -0.15) is 0 Å². The molecule has 1 aliphatic heterocycles. The number of ether oxygens (including phenoxy) is 1. The minimum Gasteiger partial charge on any atom is -0.385 e. The number of carbonyl (C=O) groups is 1. The molecule has 0 aliphatic carbocycles. The molecule has 0 radical (unpaired) electrons. The largest absolute Gasteiger partial charge is 0.385 e. The van der Waals surface area contributed by atoms with E-state index in [4.69, 9.17) is 4.74 Å². The third-order valence-electron chi connectivity index (χ3n) is 2.76. The Hall–Kier alpha value is -0.610. The maximum Gasteiger partial charge on any atom is 0.239 e. The third-order valence-corrected chi connectivity index (χ3v) is 2.76. The normalized spacial score (nSPS) is 27.9. The van der Waals surface area contributed by atoms with Crippen molar-refractivity contribution in [3.05, 3.63) is 0 Å². The van der Waals surface area contributed by atoms with Crippen LogP contribution in [0.15, 0.2) is 0 Å². The number of hydrogen-bond donors (Lipinski definition) is 1. The lowest BCUT2D eigenvalue weighted by atomic mass is 10.2. The lowest BCUT2D eigenvalue weighted by Gasteiger charge is -2.23. The van der Waals surface area contributed by atoms with Crippen molar-refractivity contribution in [2.24, 2.45) is 5.92 Å². The molecule has 1 saturated heterocycles. The minimum absolute atomic E-state index is 0.0440. The number of nitrogens with zero attached hydrogens (tertiary/aromatic N) is 1. The molecule has 2 atom stereocenters. The van der Waals surface area contributed by atoms with Crippen molar-refractivity contribution in [1.82, 2.24) is 10.2 Å². The fourth-order valence-corrected chi connectivity index (χ4v) is 1.87. The molecule has 1 amide bonds. The van der Waals surface area contributed by atoms with Crippen molar-refractivity contribution in [2.75, 3.05) is 33.4 Å². The summed E-state index contributed by atoms with van der Waals surface area (Å²) in [5.41, 5.74) is 0. The summed E-state index contributed by atoms with van der Waals surface area (Å²) in [5, 5.41) is 3.24. The van der Waals surface area contributed by atoms with Crippen molar-refractivity contribution in [3.8, 4) is 0 Å². The van der Waals surface area contributed by atoms with E-state index < -0.39 is 0 Å². The van der Waals surface area contributed by atoms with E-state index in [-0.39, 0.29) is 11.9 Å². The number of amides is 1. The minimum atomic E-state index is -0.0440. The second-order valence-corrected chi connectivity index (χ2v) is 4.37. The molecule has 15 heavy (non-hydrogen) atoms. The molecule has 1 heterocycles. The quantitative estimate of drug-likeness (QED) is 0.692. The van der Waals surface area contributed by atoms with Crippen molar-refractivity contribution in [1.29, 1.82) is 0 Å². The van der Waals surface area contributed by atoms with Crippen LogP contribution in [0, 0.1) is 5.92 Å². The Morgan fingerprint density at radius 3 is 2.93 bits per heavy atom. The van der Waals surface area contributed by atoms with Gasteiger partial charge in [0.05, 0.1) is 6.04 Å². The molecule has 0 saturated carbocycles. The molecule has 1 fully saturated rings. The van der Waals surface area contributed by atoms with Gasteiger partial charge >= 0.3 is 0 Å². The van der Waals surface area contributed by atoms with Crippen LogP contribution in [0.25, 0.3) is 0 Å². The highest BCUT2D eigenvalue weighted by Crippen LogP contribution is 2.07. The predicted molar refractivity (Wildman–Crippen MR) is 59.7 cm³/mol. The topological polar surface area (TPSA) is 41.6 Å². The molecular formula is C11H22N2O2. The van der Waals surface area contributed by atoms with Gasteiger partial charge in [-0.05, 0) is 19.3 Å². The van der Waals surface area contributed by atoms with Gasteiger partial charge in [0.2, 0.25) is 5.91 Å². The molecule has 88 valence electrons. The van der Waals surface area contributed by atoms with Crippen LogP contribution in [-0.2, 0) is 9.53 Å². The summed E-state index contributed by atoms with van der Waals surface area (Å²) in [6.07, 6.45) is 0.918. The van der Waals surface area contributed by atoms with Crippen LogP contribution in [0.2, 0.25) is 0 Å². The van der Waals surface area contributed by atoms with E-state index in [1.165, 1.54) is 0 Å². The first-order valence-electron chi connectivity index (χ1n) is 5.66. The Morgan fingerprint density at radius 2 is 2.27 bits per heavy atom. The van der Waals surface area contributed by atoms with Gasteiger partial charge < -0.3 is 15.0 Å². The molecule has 0 bridgehead atoms. The number of hydrogen-bond acceptors (Lipinski definition) is 3. The first-order valence-corrected chi connectivity index (χ1v) is 5.66. The van der Waals surface area contributed by atoms with Crippen molar-refractivity contribution in [2.45, 2.75) is 26.3 Å². The summed E-state index contributed by atoms with van der Waals surface area (Å²) < 4.78 is 5.00. The Morgan fingerprint density at radius 1 is 1.53 bits per heavy atom. The van der Waals surface area contributed by atoms with E-state index in [1.54, 1.807) is 7.11 Å². The van der Waals surface area contributed by atoms with E-state index in [0.29, 0.717) is 5.92 Å². The lowest BCUT2D eigenvalue weighted by Crippen LogP contribution is -2.42. The van der Waals surface area contributed by atoms with Gasteiger partial charge in [-0.15, -0.1) is 0 Å². The van der Waals surface area contributed by atoms with Crippen LogP contribution in [0.4, 0.5) is 0 Å². The molecule has 1 N–H and O–H groups in total. The maximum absolute atomic E-state index is 11.9. The van der Waals surface area contributed by atoms with Crippen LogP contribution < -0.4 is 5.32 Å². The number of nitrogens with one attached hydrogen (secondary N) is 1. The molecule has 1 aliphatic rings. The van der Waals surface area contributed by atoms with Crippen LogP contribution in [0.5, 0.6) is 0 Å². The summed E-state index contributed by atoms with van der Waals surface area (Å²) >= 11 is 0. The van der Waals surface area contributed by atoms with E-state index in [0.717, 1.165) is 32.7 Å². The van der Waals surface area contributed by atoms with Gasteiger partial charge in [-0.25, -0.2) is 0 Å². The molecular weight excluding hydrogens is 192 g/mol. The third kappa shape index (κ3) is 3.80.